The number of unbranched alkanes of at least 4 members (excludes halogenated alkanes) is 10. The van der Waals surface area contributed by atoms with E-state index in [4.69, 9.17) is 0 Å². The number of fused-ring (bicyclic) bond motifs is 6. The number of rotatable bonds is 16. The fraction of sp³-hybridized carbons (Fsp3) is 0.500. The van der Waals surface area contributed by atoms with Crippen molar-refractivity contribution in [3.8, 4) is 11.1 Å². The molecule has 3 aliphatic carbocycles. The van der Waals surface area contributed by atoms with Crippen LogP contribution in [0.2, 0.25) is 0 Å². The first-order valence-electron chi connectivity index (χ1n) is 23.6. The van der Waals surface area contributed by atoms with Crippen molar-refractivity contribution < 1.29 is 0 Å². The Morgan fingerprint density at radius 1 is 0.534 bits per heavy atom. The monoisotopic (exact) mass is 769 g/mol. The predicted molar refractivity (Wildman–Crippen MR) is 259 cm³/mol. The van der Waals surface area contributed by atoms with Gasteiger partial charge >= 0.3 is 0 Å². The van der Waals surface area contributed by atoms with Crippen LogP contribution in [0.4, 0.5) is 0 Å². The summed E-state index contributed by atoms with van der Waals surface area (Å²) in [4.78, 5) is 0. The van der Waals surface area contributed by atoms with Gasteiger partial charge in [-0.1, -0.05) is 234 Å². The van der Waals surface area contributed by atoms with Crippen molar-refractivity contribution in [2.75, 3.05) is 0 Å². The third kappa shape index (κ3) is 7.93. The van der Waals surface area contributed by atoms with Crippen LogP contribution in [0.1, 0.15) is 196 Å². The van der Waals surface area contributed by atoms with Crippen LogP contribution in [0.5, 0.6) is 0 Å². The van der Waals surface area contributed by atoms with Gasteiger partial charge in [-0.05, 0) is 91.3 Å². The van der Waals surface area contributed by atoms with Crippen LogP contribution in [0, 0.1) is 5.92 Å². The Morgan fingerprint density at radius 2 is 1.03 bits per heavy atom. The van der Waals surface area contributed by atoms with Crippen molar-refractivity contribution >= 4 is 21.2 Å². The van der Waals surface area contributed by atoms with Crippen LogP contribution in [-0.4, -0.2) is 15.7 Å². The number of benzene rings is 4. The van der Waals surface area contributed by atoms with E-state index in [-0.39, 0.29) is 16.2 Å². The van der Waals surface area contributed by atoms with Gasteiger partial charge in [0.1, 0.15) is 15.7 Å². The number of hydrogen-bond donors (Lipinski definition) is 0. The Kier molecular flexibility index (Phi) is 12.7. The van der Waals surface area contributed by atoms with E-state index in [1.54, 1.807) is 11.1 Å². The summed E-state index contributed by atoms with van der Waals surface area (Å²) in [5, 5.41) is 0. The summed E-state index contributed by atoms with van der Waals surface area (Å²) in [5.74, 6) is 0.934. The van der Waals surface area contributed by atoms with Crippen molar-refractivity contribution in [1.29, 1.82) is 0 Å². The lowest BCUT2D eigenvalue weighted by Gasteiger charge is -2.39. The highest BCUT2D eigenvalue weighted by Gasteiger charge is 2.53. The molecule has 0 radical (unpaired) electrons. The quantitative estimate of drug-likeness (QED) is 0.0693. The van der Waals surface area contributed by atoms with Gasteiger partial charge in [0, 0.05) is 11.3 Å². The van der Waals surface area contributed by atoms with Gasteiger partial charge in [0.25, 0.3) is 0 Å². The average Bonchev–Trinajstić information content (AvgIpc) is 3.62. The number of hydrogen-bond acceptors (Lipinski definition) is 0. The molecular weight excluding hydrogens is 694 g/mol. The third-order valence-electron chi connectivity index (χ3n) is 14.7. The summed E-state index contributed by atoms with van der Waals surface area (Å²) in [7, 11) is 4.64. The highest BCUT2D eigenvalue weighted by atomic mass is 14.6. The van der Waals surface area contributed by atoms with Crippen molar-refractivity contribution in [2.45, 2.75) is 173 Å². The highest BCUT2D eigenvalue weighted by Crippen LogP contribution is 2.63. The molecule has 0 aliphatic heterocycles. The summed E-state index contributed by atoms with van der Waals surface area (Å²) in [6.07, 6.45) is 26.6. The second-order valence-corrected chi connectivity index (χ2v) is 21.0. The molecule has 4 aromatic carbocycles. The van der Waals surface area contributed by atoms with Gasteiger partial charge in [-0.3, -0.25) is 0 Å². The molecule has 0 bridgehead atoms. The maximum atomic E-state index is 2.77. The molecule has 0 aromatic heterocycles. The van der Waals surface area contributed by atoms with E-state index in [2.05, 4.69) is 168 Å². The number of allylic oxidation sites excluding steroid dienone is 4. The van der Waals surface area contributed by atoms with E-state index in [0.29, 0.717) is 11.8 Å². The topological polar surface area (TPSA) is 0 Å². The van der Waals surface area contributed by atoms with Gasteiger partial charge in [-0.15, -0.1) is 0 Å². The Balaban J connectivity index is 1.46. The summed E-state index contributed by atoms with van der Waals surface area (Å²) in [6.45, 7) is 18.7. The van der Waals surface area contributed by atoms with Gasteiger partial charge in [0.2, 0.25) is 0 Å². The van der Waals surface area contributed by atoms with Crippen molar-refractivity contribution in [3.63, 3.8) is 0 Å². The molecule has 2 atom stereocenters. The summed E-state index contributed by atoms with van der Waals surface area (Å²) >= 11 is 0. The molecule has 0 saturated heterocycles. The zero-order chi connectivity index (χ0) is 41.3. The van der Waals surface area contributed by atoms with E-state index in [1.165, 1.54) is 145 Å². The second kappa shape index (κ2) is 17.2. The van der Waals surface area contributed by atoms with E-state index in [0.717, 1.165) is 0 Å². The van der Waals surface area contributed by atoms with Crippen molar-refractivity contribution in [3.05, 3.63) is 147 Å². The maximum absolute atomic E-state index is 2.77. The van der Waals surface area contributed by atoms with E-state index < -0.39 is 5.41 Å². The molecule has 0 amide bonds. The minimum atomic E-state index is -0.415. The van der Waals surface area contributed by atoms with Crippen LogP contribution in [0.15, 0.2) is 103 Å². The van der Waals surface area contributed by atoms with E-state index in [1.807, 2.05) is 0 Å². The van der Waals surface area contributed by atoms with Gasteiger partial charge in [-0.2, -0.15) is 0 Å². The normalized spacial score (nSPS) is 18.7. The van der Waals surface area contributed by atoms with Gasteiger partial charge in [0.15, 0.2) is 0 Å². The fourth-order valence-corrected chi connectivity index (χ4v) is 11.4. The molecule has 0 spiro atoms. The van der Waals surface area contributed by atoms with E-state index >= 15 is 0 Å². The maximum Gasteiger partial charge on any atom is 0.139 e. The van der Waals surface area contributed by atoms with Crippen molar-refractivity contribution in [1.82, 2.24) is 0 Å². The minimum Gasteiger partial charge on any atom is -0.0928 e. The first-order chi connectivity index (χ1) is 27.8. The molecule has 58 heavy (non-hydrogen) atoms. The molecule has 304 valence electrons. The van der Waals surface area contributed by atoms with Gasteiger partial charge < -0.3 is 0 Å². The van der Waals surface area contributed by atoms with Crippen LogP contribution in [0.3, 0.4) is 0 Å². The summed E-state index contributed by atoms with van der Waals surface area (Å²) < 4.78 is 0. The molecule has 7 rings (SSSR count). The zero-order valence-corrected chi connectivity index (χ0v) is 38.3. The molecular formula is C56H74B2. The summed E-state index contributed by atoms with van der Waals surface area (Å²) in [5.41, 5.74) is 17.3. The van der Waals surface area contributed by atoms with E-state index in [9.17, 15) is 0 Å². The Hall–Kier alpha value is -3.51. The molecule has 2 heteroatoms. The molecule has 4 aromatic rings. The first-order valence-corrected chi connectivity index (χ1v) is 23.6. The van der Waals surface area contributed by atoms with Crippen molar-refractivity contribution in [2.24, 2.45) is 5.92 Å². The lowest BCUT2D eigenvalue weighted by Crippen LogP contribution is -2.33. The molecule has 2 unspecified atom stereocenters. The molecule has 3 aliphatic rings. The van der Waals surface area contributed by atoms with Gasteiger partial charge in [-0.25, -0.2) is 0 Å². The Bertz CT molecular complexity index is 2020. The second-order valence-electron chi connectivity index (χ2n) is 21.0. The lowest BCUT2D eigenvalue weighted by molar-refractivity contribution is 0.263. The minimum absolute atomic E-state index is 0.0895. The molecule has 0 heterocycles. The Morgan fingerprint density at radius 3 is 1.55 bits per heavy atom. The van der Waals surface area contributed by atoms with Gasteiger partial charge in [0.05, 0.1) is 5.41 Å². The van der Waals surface area contributed by atoms with Crippen LogP contribution >= 0.6 is 0 Å². The Labute approximate surface area is 356 Å². The zero-order valence-electron chi connectivity index (χ0n) is 38.3. The molecule has 0 N–H and O–H groups in total. The largest absolute Gasteiger partial charge is 0.139 e. The highest BCUT2D eigenvalue weighted by molar-refractivity contribution is 6.32. The smallest absolute Gasteiger partial charge is 0.0928 e. The van der Waals surface area contributed by atoms with Crippen LogP contribution < -0.4 is 5.46 Å². The third-order valence-corrected chi connectivity index (χ3v) is 14.7. The SMILES string of the molecule is BC1=CC2C(C=C1)c1cc3c(cc1C2(CCCCCCCC)CCCCCCCC)-c1ccc(B)cc1C3(c1ccc(C(C)(C)C)cc1)c1ccc(C(C)(C)C)cc1. The lowest BCUT2D eigenvalue weighted by atomic mass is 9.64. The van der Waals surface area contributed by atoms with Crippen LogP contribution in [-0.2, 0) is 21.7 Å². The standard InChI is InChI=1S/C56H74B2/c1-9-11-13-15-17-19-33-55(34-20-18-16-14-12-10-2)49-35-43(57)29-31-45(49)47-38-52-48(37-50(47)55)46-32-30-44(58)36-51(46)56(52,41-25-21-39(22-26-41)53(3,4)5)42-27-23-40(24-28-42)54(6,7)8/h21-32,35-38,45,49H,9-20,33-34,57-58H2,1-8H3. The molecule has 0 nitrogen and oxygen atoms in total. The predicted octanol–water partition coefficient (Wildman–Crippen LogP) is 13.4. The fourth-order valence-electron chi connectivity index (χ4n) is 11.4. The van der Waals surface area contributed by atoms with Crippen LogP contribution in [0.25, 0.3) is 11.1 Å². The summed E-state index contributed by atoms with van der Waals surface area (Å²) in [6, 6.07) is 32.5. The first kappa shape index (κ1) is 42.6. The average molecular weight is 769 g/mol. The molecule has 0 saturated carbocycles. The molecule has 0 fully saturated rings.